The van der Waals surface area contributed by atoms with Gasteiger partial charge in [-0.05, 0) is 36.8 Å². The molecule has 1 heterocycles. The fourth-order valence-electron chi connectivity index (χ4n) is 1.55. The van der Waals surface area contributed by atoms with Crippen molar-refractivity contribution in [2.45, 2.75) is 6.92 Å². The summed E-state index contributed by atoms with van der Waals surface area (Å²) >= 11 is 3.38. The van der Waals surface area contributed by atoms with E-state index in [1.807, 2.05) is 25.1 Å². The van der Waals surface area contributed by atoms with E-state index in [2.05, 4.69) is 21.0 Å². The molecule has 2 rings (SSSR count). The van der Waals surface area contributed by atoms with Crippen LogP contribution in [-0.4, -0.2) is 15.6 Å². The van der Waals surface area contributed by atoms with Gasteiger partial charge in [-0.3, -0.25) is 9.48 Å². The highest BCUT2D eigenvalue weighted by Gasteiger charge is 2.12. The van der Waals surface area contributed by atoms with E-state index in [-0.39, 0.29) is 5.78 Å². The van der Waals surface area contributed by atoms with Crippen molar-refractivity contribution in [3.63, 3.8) is 0 Å². The number of rotatable bonds is 2. The number of hydrogen-bond donors (Lipinski definition) is 0. The maximum atomic E-state index is 12.1. The first-order chi connectivity index (χ1) is 7.56. The van der Waals surface area contributed by atoms with Crippen LogP contribution in [0.5, 0.6) is 0 Å². The number of carbonyl (C=O) groups is 1. The largest absolute Gasteiger partial charge is 0.287 e. The zero-order valence-electron chi connectivity index (χ0n) is 9.07. The Kier molecular flexibility index (Phi) is 2.92. The lowest BCUT2D eigenvalue weighted by molar-refractivity contribution is 0.103. The number of ketones is 1. The zero-order chi connectivity index (χ0) is 11.7. The second kappa shape index (κ2) is 4.22. The highest BCUT2D eigenvalue weighted by atomic mass is 79.9. The van der Waals surface area contributed by atoms with Crippen LogP contribution >= 0.6 is 15.9 Å². The fraction of sp³-hybridized carbons (Fsp3) is 0.167. The molecule has 0 N–H and O–H groups in total. The zero-order valence-corrected chi connectivity index (χ0v) is 10.7. The minimum Gasteiger partial charge on any atom is -0.287 e. The summed E-state index contributed by atoms with van der Waals surface area (Å²) in [6.45, 7) is 1.96. The smallest absolute Gasteiger partial charge is 0.213 e. The molecule has 0 fully saturated rings. The third-order valence-electron chi connectivity index (χ3n) is 2.25. The molecular formula is C12H11BrN2O. The van der Waals surface area contributed by atoms with Crippen LogP contribution < -0.4 is 0 Å². The number of hydrogen-bond acceptors (Lipinski definition) is 2. The molecule has 1 aromatic carbocycles. The van der Waals surface area contributed by atoms with Gasteiger partial charge in [-0.1, -0.05) is 15.9 Å². The van der Waals surface area contributed by atoms with E-state index in [0.29, 0.717) is 11.3 Å². The number of halogens is 1. The molecule has 4 heteroatoms. The molecule has 2 aromatic rings. The summed E-state index contributed by atoms with van der Waals surface area (Å²) in [5.41, 5.74) is 2.18. The van der Waals surface area contributed by atoms with Crippen molar-refractivity contribution in [2.24, 2.45) is 7.05 Å². The molecule has 0 atom stereocenters. The van der Waals surface area contributed by atoms with Crippen molar-refractivity contribution in [3.05, 3.63) is 51.8 Å². The number of benzene rings is 1. The van der Waals surface area contributed by atoms with Crippen LogP contribution in [0.1, 0.15) is 21.6 Å². The first-order valence-corrected chi connectivity index (χ1v) is 5.67. The summed E-state index contributed by atoms with van der Waals surface area (Å²) in [5, 5.41) is 4.10. The Morgan fingerprint density at radius 2 is 2.12 bits per heavy atom. The molecule has 82 valence electrons. The van der Waals surface area contributed by atoms with Crippen LogP contribution in [0.2, 0.25) is 0 Å². The molecular weight excluding hydrogens is 268 g/mol. The molecule has 0 unspecified atom stereocenters. The van der Waals surface area contributed by atoms with Crippen LogP contribution in [0.3, 0.4) is 0 Å². The fourth-order valence-corrected chi connectivity index (χ4v) is 2.16. The van der Waals surface area contributed by atoms with Crippen LogP contribution in [0.25, 0.3) is 0 Å². The molecule has 0 bridgehead atoms. The van der Waals surface area contributed by atoms with Crippen molar-refractivity contribution >= 4 is 21.7 Å². The Labute approximate surface area is 102 Å². The van der Waals surface area contributed by atoms with Gasteiger partial charge in [-0.15, -0.1) is 0 Å². The van der Waals surface area contributed by atoms with Gasteiger partial charge in [0.05, 0.1) is 0 Å². The van der Waals surface area contributed by atoms with Crippen molar-refractivity contribution in [2.75, 3.05) is 0 Å². The van der Waals surface area contributed by atoms with E-state index >= 15 is 0 Å². The maximum Gasteiger partial charge on any atom is 0.213 e. The minimum atomic E-state index is -0.0509. The first-order valence-electron chi connectivity index (χ1n) is 4.88. The Morgan fingerprint density at radius 1 is 1.38 bits per heavy atom. The minimum absolute atomic E-state index is 0.0509. The van der Waals surface area contributed by atoms with Gasteiger partial charge in [0.2, 0.25) is 5.78 Å². The predicted molar refractivity (Wildman–Crippen MR) is 65.5 cm³/mol. The summed E-state index contributed by atoms with van der Waals surface area (Å²) in [5.74, 6) is -0.0509. The Bertz CT molecular complexity index is 525. The molecule has 1 aromatic heterocycles. The van der Waals surface area contributed by atoms with Gasteiger partial charge in [-0.2, -0.15) is 5.10 Å². The van der Waals surface area contributed by atoms with Crippen LogP contribution in [0, 0.1) is 6.92 Å². The summed E-state index contributed by atoms with van der Waals surface area (Å²) in [6, 6.07) is 7.36. The average Bonchev–Trinajstić information content (AvgIpc) is 2.62. The molecule has 0 saturated carbocycles. The summed E-state index contributed by atoms with van der Waals surface area (Å²) < 4.78 is 2.53. The van der Waals surface area contributed by atoms with Gasteiger partial charge >= 0.3 is 0 Å². The van der Waals surface area contributed by atoms with Crippen LogP contribution in [0.4, 0.5) is 0 Å². The number of aryl methyl sites for hydroxylation is 2. The van der Waals surface area contributed by atoms with E-state index in [4.69, 9.17) is 0 Å². The maximum absolute atomic E-state index is 12.1. The molecule has 3 nitrogen and oxygen atoms in total. The van der Waals surface area contributed by atoms with Gasteiger partial charge in [0, 0.05) is 23.3 Å². The number of carbonyl (C=O) groups excluding carboxylic acids is 1. The molecule has 0 saturated heterocycles. The van der Waals surface area contributed by atoms with Crippen LogP contribution in [0.15, 0.2) is 34.9 Å². The summed E-state index contributed by atoms with van der Waals surface area (Å²) in [4.78, 5) is 12.1. The lowest BCUT2D eigenvalue weighted by atomic mass is 10.1. The van der Waals surface area contributed by atoms with E-state index < -0.39 is 0 Å². The van der Waals surface area contributed by atoms with Crippen LogP contribution in [-0.2, 0) is 7.05 Å². The van der Waals surface area contributed by atoms with E-state index in [1.165, 1.54) is 0 Å². The van der Waals surface area contributed by atoms with Gasteiger partial charge in [-0.25, -0.2) is 0 Å². The first kappa shape index (κ1) is 11.1. The van der Waals surface area contributed by atoms with Crippen molar-refractivity contribution in [3.8, 4) is 0 Å². The van der Waals surface area contributed by atoms with Crippen molar-refractivity contribution < 1.29 is 4.79 Å². The lowest BCUT2D eigenvalue weighted by Gasteiger charge is -2.01. The average molecular weight is 279 g/mol. The highest BCUT2D eigenvalue weighted by molar-refractivity contribution is 9.10. The van der Waals surface area contributed by atoms with Gasteiger partial charge in [0.25, 0.3) is 0 Å². The topological polar surface area (TPSA) is 34.9 Å². The second-order valence-electron chi connectivity index (χ2n) is 3.72. The molecule has 0 spiro atoms. The predicted octanol–water partition coefficient (Wildman–Crippen LogP) is 2.72. The standard InChI is InChI=1S/C12H11BrN2O/c1-8-5-9(7-10(13)6-8)12(16)11-3-4-15(2)14-11/h3-7H,1-2H3. The quantitative estimate of drug-likeness (QED) is 0.792. The Balaban J connectivity index is 2.41. The lowest BCUT2D eigenvalue weighted by Crippen LogP contribution is -2.03. The number of nitrogens with zero attached hydrogens (tertiary/aromatic N) is 2. The molecule has 16 heavy (non-hydrogen) atoms. The van der Waals surface area contributed by atoms with E-state index in [1.54, 1.807) is 24.0 Å². The van der Waals surface area contributed by atoms with Crippen molar-refractivity contribution in [1.29, 1.82) is 0 Å². The molecule has 0 aliphatic carbocycles. The molecule has 0 amide bonds. The summed E-state index contributed by atoms with van der Waals surface area (Å²) in [7, 11) is 1.79. The van der Waals surface area contributed by atoms with E-state index in [9.17, 15) is 4.79 Å². The Morgan fingerprint density at radius 3 is 2.69 bits per heavy atom. The van der Waals surface area contributed by atoms with Gasteiger partial charge in [0.15, 0.2) is 0 Å². The monoisotopic (exact) mass is 278 g/mol. The normalized spacial score (nSPS) is 10.4. The Hall–Kier alpha value is -1.42. The van der Waals surface area contributed by atoms with Gasteiger partial charge < -0.3 is 0 Å². The second-order valence-corrected chi connectivity index (χ2v) is 4.64. The third-order valence-corrected chi connectivity index (χ3v) is 2.71. The molecule has 0 aliphatic rings. The molecule has 0 aliphatic heterocycles. The summed E-state index contributed by atoms with van der Waals surface area (Å²) in [6.07, 6.45) is 1.76. The van der Waals surface area contributed by atoms with E-state index in [0.717, 1.165) is 10.0 Å². The van der Waals surface area contributed by atoms with Crippen molar-refractivity contribution in [1.82, 2.24) is 9.78 Å². The van der Waals surface area contributed by atoms with Gasteiger partial charge in [0.1, 0.15) is 5.69 Å². The number of aromatic nitrogens is 2. The molecule has 0 radical (unpaired) electrons. The SMILES string of the molecule is Cc1cc(Br)cc(C(=O)c2ccn(C)n2)c1. The highest BCUT2D eigenvalue weighted by Crippen LogP contribution is 2.17. The third kappa shape index (κ3) is 2.22.